The largest absolute Gasteiger partial charge is 0.497 e. The van der Waals surface area contributed by atoms with E-state index in [-0.39, 0.29) is 11.9 Å². The highest BCUT2D eigenvalue weighted by Gasteiger charge is 2.13. The molecule has 152 valence electrons. The number of rotatable bonds is 6. The van der Waals surface area contributed by atoms with E-state index in [2.05, 4.69) is 29.5 Å². The van der Waals surface area contributed by atoms with E-state index in [1.54, 1.807) is 7.11 Å². The van der Waals surface area contributed by atoms with Gasteiger partial charge < -0.3 is 10.1 Å². The van der Waals surface area contributed by atoms with E-state index in [1.807, 2.05) is 72.4 Å². The van der Waals surface area contributed by atoms with Crippen LogP contribution in [0, 0.1) is 6.92 Å². The number of fused-ring (bicyclic) bond motifs is 1. The summed E-state index contributed by atoms with van der Waals surface area (Å²) in [7, 11) is 1.66. The van der Waals surface area contributed by atoms with E-state index in [4.69, 9.17) is 4.74 Å². The minimum atomic E-state index is -0.0981. The van der Waals surface area contributed by atoms with Crippen LogP contribution in [0.3, 0.4) is 0 Å². The smallest absolute Gasteiger partial charge is 0.251 e. The second kappa shape index (κ2) is 8.41. The molecule has 1 aromatic heterocycles. The predicted molar refractivity (Wildman–Crippen MR) is 119 cm³/mol. The van der Waals surface area contributed by atoms with Gasteiger partial charge in [-0.25, -0.2) is 0 Å². The molecule has 0 aliphatic carbocycles. The van der Waals surface area contributed by atoms with Crippen LogP contribution in [0.5, 0.6) is 5.75 Å². The fraction of sp³-hybridized carbons (Fsp3) is 0.200. The zero-order valence-electron chi connectivity index (χ0n) is 17.4. The van der Waals surface area contributed by atoms with Gasteiger partial charge in [0.15, 0.2) is 0 Å². The molecule has 0 unspecified atom stereocenters. The van der Waals surface area contributed by atoms with Crippen LogP contribution in [-0.4, -0.2) is 22.8 Å². The molecule has 1 N–H and O–H groups in total. The second-order valence-corrected chi connectivity index (χ2v) is 7.53. The van der Waals surface area contributed by atoms with Gasteiger partial charge in [0.05, 0.1) is 31.4 Å². The van der Waals surface area contributed by atoms with E-state index in [0.717, 1.165) is 27.8 Å². The number of carbonyl (C=O) groups is 1. The van der Waals surface area contributed by atoms with Crippen molar-refractivity contribution >= 4 is 16.8 Å². The van der Waals surface area contributed by atoms with Crippen LogP contribution in [0.4, 0.5) is 0 Å². The zero-order chi connectivity index (χ0) is 21.1. The van der Waals surface area contributed by atoms with E-state index in [0.29, 0.717) is 12.1 Å². The lowest BCUT2D eigenvalue weighted by Crippen LogP contribution is -2.26. The Labute approximate surface area is 176 Å². The summed E-state index contributed by atoms with van der Waals surface area (Å²) in [4.78, 5) is 12.9. The highest BCUT2D eigenvalue weighted by molar-refractivity contribution is 5.98. The molecule has 0 saturated heterocycles. The normalized spacial score (nSPS) is 12.0. The third-order valence-electron chi connectivity index (χ3n) is 5.30. The number of hydrogen-bond donors (Lipinski definition) is 1. The molecular formula is C25H25N3O2. The molecule has 5 heteroatoms. The Morgan fingerprint density at radius 2 is 1.90 bits per heavy atom. The Morgan fingerprint density at radius 1 is 1.10 bits per heavy atom. The Morgan fingerprint density at radius 3 is 2.67 bits per heavy atom. The molecular weight excluding hydrogens is 374 g/mol. The zero-order valence-corrected chi connectivity index (χ0v) is 17.4. The van der Waals surface area contributed by atoms with E-state index >= 15 is 0 Å². The fourth-order valence-electron chi connectivity index (χ4n) is 3.50. The Bertz CT molecular complexity index is 1180. The third kappa shape index (κ3) is 4.20. The summed E-state index contributed by atoms with van der Waals surface area (Å²) in [5.74, 6) is 0.716. The van der Waals surface area contributed by atoms with Crippen molar-refractivity contribution in [2.75, 3.05) is 7.11 Å². The summed E-state index contributed by atoms with van der Waals surface area (Å²) in [5, 5.41) is 8.60. The molecule has 30 heavy (non-hydrogen) atoms. The molecule has 1 heterocycles. The van der Waals surface area contributed by atoms with Crippen molar-refractivity contribution in [2.45, 2.75) is 26.4 Å². The number of benzene rings is 3. The van der Waals surface area contributed by atoms with Crippen molar-refractivity contribution in [3.8, 4) is 5.75 Å². The number of nitrogens with zero attached hydrogens (tertiary/aromatic N) is 2. The molecule has 4 rings (SSSR count). The van der Waals surface area contributed by atoms with Gasteiger partial charge in [-0.05, 0) is 49.2 Å². The van der Waals surface area contributed by atoms with E-state index in [1.165, 1.54) is 5.56 Å². The van der Waals surface area contributed by atoms with Gasteiger partial charge in [0.2, 0.25) is 0 Å². The maximum Gasteiger partial charge on any atom is 0.251 e. The summed E-state index contributed by atoms with van der Waals surface area (Å²) in [5.41, 5.74) is 4.91. The summed E-state index contributed by atoms with van der Waals surface area (Å²) in [6.07, 6.45) is 1.83. The number of amides is 1. The van der Waals surface area contributed by atoms with Crippen LogP contribution in [0.2, 0.25) is 0 Å². The monoisotopic (exact) mass is 399 g/mol. The topological polar surface area (TPSA) is 56.2 Å². The lowest BCUT2D eigenvalue weighted by molar-refractivity contribution is 0.0940. The highest BCUT2D eigenvalue weighted by Crippen LogP contribution is 2.20. The highest BCUT2D eigenvalue weighted by atomic mass is 16.5. The number of nitrogens with one attached hydrogen (secondary N) is 1. The number of aromatic nitrogens is 2. The number of ether oxygens (including phenoxy) is 1. The van der Waals surface area contributed by atoms with Crippen LogP contribution in [0.25, 0.3) is 10.9 Å². The molecule has 0 radical (unpaired) electrons. The first kappa shape index (κ1) is 19.7. The lowest BCUT2D eigenvalue weighted by Gasteiger charge is -2.15. The van der Waals surface area contributed by atoms with Crippen LogP contribution < -0.4 is 10.1 Å². The fourth-order valence-corrected chi connectivity index (χ4v) is 3.50. The Balaban J connectivity index is 1.55. The number of methoxy groups -OCH3 is 1. The van der Waals surface area contributed by atoms with Gasteiger partial charge in [0.1, 0.15) is 5.75 Å². The molecule has 0 saturated carbocycles. The average molecular weight is 399 g/mol. The Kier molecular flexibility index (Phi) is 5.53. The van der Waals surface area contributed by atoms with Crippen LogP contribution in [-0.2, 0) is 6.54 Å². The number of aryl methyl sites for hydroxylation is 1. The Hall–Kier alpha value is -3.60. The minimum absolute atomic E-state index is 0.0736. The summed E-state index contributed by atoms with van der Waals surface area (Å²) in [6, 6.07) is 21.7. The minimum Gasteiger partial charge on any atom is -0.497 e. The van der Waals surface area contributed by atoms with Crippen molar-refractivity contribution < 1.29 is 9.53 Å². The second-order valence-electron chi connectivity index (χ2n) is 7.53. The summed E-state index contributed by atoms with van der Waals surface area (Å²) >= 11 is 0. The molecule has 5 nitrogen and oxygen atoms in total. The molecule has 0 bridgehead atoms. The van der Waals surface area contributed by atoms with Gasteiger partial charge >= 0.3 is 0 Å². The molecule has 0 aliphatic heterocycles. The van der Waals surface area contributed by atoms with Gasteiger partial charge in [0.25, 0.3) is 5.91 Å². The average Bonchev–Trinajstić information content (AvgIpc) is 3.16. The van der Waals surface area contributed by atoms with Gasteiger partial charge in [-0.15, -0.1) is 0 Å². The third-order valence-corrected chi connectivity index (χ3v) is 5.30. The molecule has 0 spiro atoms. The first-order chi connectivity index (χ1) is 14.5. The summed E-state index contributed by atoms with van der Waals surface area (Å²) < 4.78 is 7.22. The predicted octanol–water partition coefficient (Wildman–Crippen LogP) is 4.89. The molecule has 0 aliphatic rings. The van der Waals surface area contributed by atoms with Crippen molar-refractivity contribution in [1.29, 1.82) is 0 Å². The van der Waals surface area contributed by atoms with Crippen molar-refractivity contribution in [3.05, 3.63) is 95.2 Å². The van der Waals surface area contributed by atoms with Gasteiger partial charge in [-0.1, -0.05) is 48.0 Å². The molecule has 4 aromatic rings. The maximum atomic E-state index is 12.9. The molecule has 0 fully saturated rings. The first-order valence-electron chi connectivity index (χ1n) is 9.99. The summed E-state index contributed by atoms with van der Waals surface area (Å²) in [6.45, 7) is 4.65. The van der Waals surface area contributed by atoms with Crippen LogP contribution in [0.1, 0.15) is 40.0 Å². The van der Waals surface area contributed by atoms with Crippen molar-refractivity contribution in [2.24, 2.45) is 0 Å². The quantitative estimate of drug-likeness (QED) is 0.502. The maximum absolute atomic E-state index is 12.9. The first-order valence-corrected chi connectivity index (χ1v) is 9.99. The molecule has 1 amide bonds. The van der Waals surface area contributed by atoms with Crippen molar-refractivity contribution in [1.82, 2.24) is 15.1 Å². The van der Waals surface area contributed by atoms with Gasteiger partial charge in [-0.2, -0.15) is 5.10 Å². The SMILES string of the molecule is COc1cccc(Cn2ncc3ccc(C(=O)N[C@@H](C)c4ccc(C)cc4)cc32)c1. The van der Waals surface area contributed by atoms with Gasteiger partial charge in [-0.3, -0.25) is 9.48 Å². The standard InChI is InChI=1S/C25H25N3O2/c1-17-7-9-20(10-8-17)18(2)27-25(29)21-11-12-22-15-26-28(24(22)14-21)16-19-5-4-6-23(13-19)30-3/h4-15,18H,16H2,1-3H3,(H,27,29)/t18-/m0/s1. The van der Waals surface area contributed by atoms with Crippen LogP contribution >= 0.6 is 0 Å². The van der Waals surface area contributed by atoms with E-state index in [9.17, 15) is 4.79 Å². The lowest BCUT2D eigenvalue weighted by atomic mass is 10.1. The molecule has 1 atom stereocenters. The number of hydrogen-bond acceptors (Lipinski definition) is 3. The van der Waals surface area contributed by atoms with E-state index < -0.39 is 0 Å². The molecule has 3 aromatic carbocycles. The van der Waals surface area contributed by atoms with Crippen molar-refractivity contribution in [3.63, 3.8) is 0 Å². The van der Waals surface area contributed by atoms with Crippen LogP contribution in [0.15, 0.2) is 72.9 Å². The number of carbonyl (C=O) groups excluding carboxylic acids is 1. The van der Waals surface area contributed by atoms with Gasteiger partial charge in [0, 0.05) is 10.9 Å².